The summed E-state index contributed by atoms with van der Waals surface area (Å²) in [7, 11) is 4.48. The Morgan fingerprint density at radius 3 is 2.09 bits per heavy atom. The molecule has 6 heteroatoms. The molecule has 0 atom stereocenters. The molecule has 0 saturated heterocycles. The average molecular weight is 307 g/mol. The number of halogens is 2. The van der Waals surface area contributed by atoms with Gasteiger partial charge in [0.15, 0.2) is 11.5 Å². The lowest BCUT2D eigenvalue weighted by Gasteiger charge is -2.12. The highest BCUT2D eigenvalue weighted by Crippen LogP contribution is 2.37. The highest BCUT2D eigenvalue weighted by molar-refractivity contribution is 5.84. The van der Waals surface area contributed by atoms with Gasteiger partial charge in [0.2, 0.25) is 5.75 Å². The highest BCUT2D eigenvalue weighted by atomic mass is 19.1. The molecule has 2 aromatic carbocycles. The molecule has 0 saturated carbocycles. The van der Waals surface area contributed by atoms with Crippen LogP contribution in [0.25, 0.3) is 0 Å². The topological polar surface area (TPSA) is 40.0 Å². The molecule has 0 N–H and O–H groups in total. The lowest BCUT2D eigenvalue weighted by molar-refractivity contribution is 0.324. The zero-order valence-corrected chi connectivity index (χ0v) is 12.4. The Labute approximate surface area is 127 Å². The molecule has 116 valence electrons. The zero-order valence-electron chi connectivity index (χ0n) is 12.4. The van der Waals surface area contributed by atoms with Gasteiger partial charge in [0, 0.05) is 17.8 Å². The molecule has 0 aromatic heterocycles. The SMILES string of the molecule is COc1cc(C=Nc2cc(F)ccc2F)cc(OC)c1OC. The molecule has 2 aromatic rings. The molecule has 0 heterocycles. The number of aliphatic imine (C=N–C) groups is 1. The number of ether oxygens (including phenoxy) is 3. The highest BCUT2D eigenvalue weighted by Gasteiger charge is 2.12. The maximum absolute atomic E-state index is 13.5. The van der Waals surface area contributed by atoms with Crippen LogP contribution in [0.5, 0.6) is 17.2 Å². The monoisotopic (exact) mass is 307 g/mol. The fourth-order valence-corrected chi connectivity index (χ4v) is 1.90. The van der Waals surface area contributed by atoms with Gasteiger partial charge in [-0.2, -0.15) is 0 Å². The van der Waals surface area contributed by atoms with Gasteiger partial charge in [-0.15, -0.1) is 0 Å². The molecule has 4 nitrogen and oxygen atoms in total. The van der Waals surface area contributed by atoms with Gasteiger partial charge in [0.25, 0.3) is 0 Å². The minimum Gasteiger partial charge on any atom is -0.493 e. The second-order valence-electron chi connectivity index (χ2n) is 4.31. The first-order valence-electron chi connectivity index (χ1n) is 6.38. The molecule has 0 unspecified atom stereocenters. The summed E-state index contributed by atoms with van der Waals surface area (Å²) in [5.41, 5.74) is 0.506. The van der Waals surface area contributed by atoms with Crippen LogP contribution in [0.4, 0.5) is 14.5 Å². The van der Waals surface area contributed by atoms with Crippen molar-refractivity contribution in [2.45, 2.75) is 0 Å². The van der Waals surface area contributed by atoms with Crippen molar-refractivity contribution in [3.8, 4) is 17.2 Å². The third-order valence-electron chi connectivity index (χ3n) is 2.95. The molecule has 0 aliphatic heterocycles. The van der Waals surface area contributed by atoms with E-state index >= 15 is 0 Å². The van der Waals surface area contributed by atoms with Gasteiger partial charge < -0.3 is 14.2 Å². The van der Waals surface area contributed by atoms with Crippen LogP contribution in [-0.4, -0.2) is 27.5 Å². The van der Waals surface area contributed by atoms with Crippen molar-refractivity contribution in [3.63, 3.8) is 0 Å². The van der Waals surface area contributed by atoms with Crippen molar-refractivity contribution in [2.75, 3.05) is 21.3 Å². The van der Waals surface area contributed by atoms with Crippen LogP contribution in [0.2, 0.25) is 0 Å². The van der Waals surface area contributed by atoms with Gasteiger partial charge in [-0.05, 0) is 24.3 Å². The summed E-state index contributed by atoms with van der Waals surface area (Å²) in [6.45, 7) is 0. The van der Waals surface area contributed by atoms with E-state index in [9.17, 15) is 8.78 Å². The number of hydrogen-bond donors (Lipinski definition) is 0. The third-order valence-corrected chi connectivity index (χ3v) is 2.95. The number of nitrogens with zero attached hydrogens (tertiary/aromatic N) is 1. The quantitative estimate of drug-likeness (QED) is 0.790. The standard InChI is InChI=1S/C16H15F2NO3/c1-20-14-6-10(7-15(21-2)16(14)22-3)9-19-13-8-11(17)4-5-12(13)18/h4-9H,1-3H3. The largest absolute Gasteiger partial charge is 0.493 e. The Balaban J connectivity index is 2.40. The van der Waals surface area contributed by atoms with Crippen molar-refractivity contribution in [2.24, 2.45) is 4.99 Å². The van der Waals surface area contributed by atoms with Crippen molar-refractivity contribution >= 4 is 11.9 Å². The fraction of sp³-hybridized carbons (Fsp3) is 0.188. The molecule has 0 aliphatic carbocycles. The smallest absolute Gasteiger partial charge is 0.203 e. The molecular weight excluding hydrogens is 292 g/mol. The molecule has 0 radical (unpaired) electrons. The van der Waals surface area contributed by atoms with Crippen LogP contribution in [0.3, 0.4) is 0 Å². The second-order valence-corrected chi connectivity index (χ2v) is 4.31. The molecule has 22 heavy (non-hydrogen) atoms. The van der Waals surface area contributed by atoms with Gasteiger partial charge in [0.1, 0.15) is 17.3 Å². The second kappa shape index (κ2) is 6.89. The number of benzene rings is 2. The molecule has 0 spiro atoms. The van der Waals surface area contributed by atoms with E-state index in [4.69, 9.17) is 14.2 Å². The average Bonchev–Trinajstić information content (AvgIpc) is 2.54. The molecule has 0 amide bonds. The Kier molecular flexibility index (Phi) is 4.93. The van der Waals surface area contributed by atoms with E-state index in [0.717, 1.165) is 18.2 Å². The normalized spacial score (nSPS) is 10.8. The zero-order chi connectivity index (χ0) is 16.1. The lowest BCUT2D eigenvalue weighted by Crippen LogP contribution is -1.96. The molecule has 2 rings (SSSR count). The van der Waals surface area contributed by atoms with Gasteiger partial charge in [-0.25, -0.2) is 8.78 Å². The van der Waals surface area contributed by atoms with E-state index in [0.29, 0.717) is 22.8 Å². The van der Waals surface area contributed by atoms with Crippen molar-refractivity contribution in [3.05, 3.63) is 47.5 Å². The molecule has 0 aliphatic rings. The fourth-order valence-electron chi connectivity index (χ4n) is 1.90. The predicted molar refractivity (Wildman–Crippen MR) is 79.7 cm³/mol. The summed E-state index contributed by atoms with van der Waals surface area (Å²) < 4.78 is 42.3. The Morgan fingerprint density at radius 1 is 0.909 bits per heavy atom. The molecule has 0 bridgehead atoms. The summed E-state index contributed by atoms with van der Waals surface area (Å²) in [5.74, 6) is 0.175. The maximum atomic E-state index is 13.5. The number of hydrogen-bond acceptors (Lipinski definition) is 4. The van der Waals surface area contributed by atoms with E-state index in [-0.39, 0.29) is 5.69 Å². The van der Waals surface area contributed by atoms with Crippen LogP contribution in [-0.2, 0) is 0 Å². The Bertz CT molecular complexity index is 677. The first-order valence-corrected chi connectivity index (χ1v) is 6.38. The first kappa shape index (κ1) is 15.8. The number of rotatable bonds is 5. The van der Waals surface area contributed by atoms with Gasteiger partial charge in [0.05, 0.1) is 21.3 Å². The van der Waals surface area contributed by atoms with Crippen LogP contribution in [0.1, 0.15) is 5.56 Å². The predicted octanol–water partition coefficient (Wildman–Crippen LogP) is 3.74. The maximum Gasteiger partial charge on any atom is 0.203 e. The minimum absolute atomic E-state index is 0.0891. The van der Waals surface area contributed by atoms with E-state index < -0.39 is 11.6 Å². The van der Waals surface area contributed by atoms with E-state index in [1.54, 1.807) is 12.1 Å². The van der Waals surface area contributed by atoms with Crippen LogP contribution in [0, 0.1) is 11.6 Å². The summed E-state index contributed by atoms with van der Waals surface area (Å²) in [4.78, 5) is 3.95. The van der Waals surface area contributed by atoms with Crippen molar-refractivity contribution in [1.29, 1.82) is 0 Å². The van der Waals surface area contributed by atoms with Gasteiger partial charge in [-0.3, -0.25) is 4.99 Å². The summed E-state index contributed by atoms with van der Waals surface area (Å²) in [5, 5.41) is 0. The van der Waals surface area contributed by atoms with Crippen molar-refractivity contribution in [1.82, 2.24) is 0 Å². The molecular formula is C16H15F2NO3. The Hall–Kier alpha value is -2.63. The van der Waals surface area contributed by atoms with E-state index in [2.05, 4.69) is 4.99 Å². The minimum atomic E-state index is -0.606. The molecule has 0 fully saturated rings. The summed E-state index contributed by atoms with van der Waals surface area (Å²) in [6.07, 6.45) is 1.39. The van der Waals surface area contributed by atoms with E-state index in [1.807, 2.05) is 0 Å². The van der Waals surface area contributed by atoms with Crippen LogP contribution in [0.15, 0.2) is 35.3 Å². The first-order chi connectivity index (χ1) is 10.6. The Morgan fingerprint density at radius 2 is 1.55 bits per heavy atom. The lowest BCUT2D eigenvalue weighted by atomic mass is 10.2. The third kappa shape index (κ3) is 3.33. The van der Waals surface area contributed by atoms with E-state index in [1.165, 1.54) is 27.5 Å². The van der Waals surface area contributed by atoms with Crippen molar-refractivity contribution < 1.29 is 23.0 Å². The van der Waals surface area contributed by atoms with Crippen LogP contribution < -0.4 is 14.2 Å². The number of methoxy groups -OCH3 is 3. The summed E-state index contributed by atoms with van der Waals surface area (Å²) >= 11 is 0. The van der Waals surface area contributed by atoms with Gasteiger partial charge in [-0.1, -0.05) is 0 Å². The van der Waals surface area contributed by atoms with Gasteiger partial charge >= 0.3 is 0 Å². The van der Waals surface area contributed by atoms with Crippen LogP contribution >= 0.6 is 0 Å². The summed E-state index contributed by atoms with van der Waals surface area (Å²) in [6, 6.07) is 6.39.